The van der Waals surface area contributed by atoms with Crippen LogP contribution in [0.5, 0.6) is 0 Å². The summed E-state index contributed by atoms with van der Waals surface area (Å²) in [6.45, 7) is 5.78. The third-order valence-electron chi connectivity index (χ3n) is 2.71. The van der Waals surface area contributed by atoms with E-state index in [1.807, 2.05) is 0 Å². The molecule has 0 unspecified atom stereocenters. The van der Waals surface area contributed by atoms with E-state index in [9.17, 15) is 4.79 Å². The SMILES string of the molecule is C=CC[C@H]1OC(=O)C=C1N1CCCC1. The molecule has 0 N–H and O–H groups in total. The molecule has 0 aliphatic carbocycles. The fraction of sp³-hybridized carbons (Fsp3) is 0.545. The van der Waals surface area contributed by atoms with Crippen molar-refractivity contribution in [3.8, 4) is 0 Å². The van der Waals surface area contributed by atoms with Crippen molar-refractivity contribution in [3.05, 3.63) is 24.4 Å². The second-order valence-corrected chi connectivity index (χ2v) is 3.71. The number of hydrogen-bond donors (Lipinski definition) is 0. The van der Waals surface area contributed by atoms with Gasteiger partial charge >= 0.3 is 5.97 Å². The molecule has 0 aromatic rings. The Hall–Kier alpha value is -1.25. The maximum atomic E-state index is 11.1. The van der Waals surface area contributed by atoms with Crippen LogP contribution in [-0.2, 0) is 9.53 Å². The van der Waals surface area contributed by atoms with Crippen molar-refractivity contribution < 1.29 is 9.53 Å². The van der Waals surface area contributed by atoms with E-state index in [4.69, 9.17) is 4.74 Å². The van der Waals surface area contributed by atoms with Crippen LogP contribution in [0.25, 0.3) is 0 Å². The molecule has 76 valence electrons. The van der Waals surface area contributed by atoms with Crippen molar-refractivity contribution in [2.75, 3.05) is 13.1 Å². The molecule has 3 nitrogen and oxygen atoms in total. The first kappa shape index (κ1) is 9.31. The summed E-state index contributed by atoms with van der Waals surface area (Å²) in [6.07, 6.45) is 6.48. The van der Waals surface area contributed by atoms with Crippen LogP contribution in [0.4, 0.5) is 0 Å². The Morgan fingerprint density at radius 1 is 1.57 bits per heavy atom. The Morgan fingerprint density at radius 2 is 2.29 bits per heavy atom. The van der Waals surface area contributed by atoms with Gasteiger partial charge in [-0.1, -0.05) is 6.08 Å². The van der Waals surface area contributed by atoms with Crippen LogP contribution in [-0.4, -0.2) is 30.1 Å². The third-order valence-corrected chi connectivity index (χ3v) is 2.71. The van der Waals surface area contributed by atoms with Gasteiger partial charge in [-0.05, 0) is 12.8 Å². The van der Waals surface area contributed by atoms with Crippen molar-refractivity contribution in [3.63, 3.8) is 0 Å². The zero-order chi connectivity index (χ0) is 9.97. The molecule has 3 heteroatoms. The molecule has 0 saturated carbocycles. The van der Waals surface area contributed by atoms with Crippen molar-refractivity contribution in [2.24, 2.45) is 0 Å². The normalized spacial score (nSPS) is 26.3. The van der Waals surface area contributed by atoms with Gasteiger partial charge < -0.3 is 9.64 Å². The first-order chi connectivity index (χ1) is 6.81. The number of ether oxygens (including phenoxy) is 1. The Labute approximate surface area is 84.0 Å². The van der Waals surface area contributed by atoms with Gasteiger partial charge in [0.15, 0.2) is 0 Å². The van der Waals surface area contributed by atoms with Crippen LogP contribution in [0.1, 0.15) is 19.3 Å². The molecule has 0 aromatic carbocycles. The van der Waals surface area contributed by atoms with Gasteiger partial charge in [0.25, 0.3) is 0 Å². The minimum absolute atomic E-state index is 0.0851. The molecule has 0 radical (unpaired) electrons. The molecule has 2 aliphatic rings. The van der Waals surface area contributed by atoms with Crippen LogP contribution < -0.4 is 0 Å². The van der Waals surface area contributed by atoms with Gasteiger partial charge in [-0.3, -0.25) is 0 Å². The van der Waals surface area contributed by atoms with E-state index < -0.39 is 0 Å². The first-order valence-electron chi connectivity index (χ1n) is 5.09. The lowest BCUT2D eigenvalue weighted by molar-refractivity contribution is -0.138. The second-order valence-electron chi connectivity index (χ2n) is 3.71. The van der Waals surface area contributed by atoms with E-state index in [2.05, 4.69) is 11.5 Å². The van der Waals surface area contributed by atoms with Gasteiger partial charge in [0.2, 0.25) is 0 Å². The molecule has 1 saturated heterocycles. The third kappa shape index (κ3) is 1.67. The van der Waals surface area contributed by atoms with Crippen LogP contribution in [0, 0.1) is 0 Å². The highest BCUT2D eigenvalue weighted by Gasteiger charge is 2.30. The molecule has 0 aromatic heterocycles. The summed E-state index contributed by atoms with van der Waals surface area (Å²) in [5.41, 5.74) is 1.05. The average molecular weight is 193 g/mol. The fourth-order valence-corrected chi connectivity index (χ4v) is 2.04. The quantitative estimate of drug-likeness (QED) is 0.502. The molecular weight excluding hydrogens is 178 g/mol. The molecule has 2 aliphatic heterocycles. The number of carbonyl (C=O) groups is 1. The summed E-state index contributed by atoms with van der Waals surface area (Å²) in [5, 5.41) is 0. The van der Waals surface area contributed by atoms with Crippen LogP contribution in [0.3, 0.4) is 0 Å². The molecular formula is C11H15NO2. The van der Waals surface area contributed by atoms with Gasteiger partial charge in [0.1, 0.15) is 6.10 Å². The molecule has 0 bridgehead atoms. The zero-order valence-corrected chi connectivity index (χ0v) is 8.24. The number of likely N-dealkylation sites (tertiary alicyclic amines) is 1. The summed E-state index contributed by atoms with van der Waals surface area (Å²) in [4.78, 5) is 13.4. The van der Waals surface area contributed by atoms with E-state index >= 15 is 0 Å². The summed E-state index contributed by atoms with van der Waals surface area (Å²) in [6, 6.07) is 0. The van der Waals surface area contributed by atoms with E-state index in [-0.39, 0.29) is 12.1 Å². The minimum atomic E-state index is -0.209. The fourth-order valence-electron chi connectivity index (χ4n) is 2.04. The van der Waals surface area contributed by atoms with Gasteiger partial charge in [0, 0.05) is 25.6 Å². The average Bonchev–Trinajstić information content (AvgIpc) is 2.74. The van der Waals surface area contributed by atoms with Crippen molar-refractivity contribution in [1.82, 2.24) is 4.90 Å². The van der Waals surface area contributed by atoms with E-state index in [0.29, 0.717) is 6.42 Å². The molecule has 0 amide bonds. The monoisotopic (exact) mass is 193 g/mol. The summed E-state index contributed by atoms with van der Waals surface area (Å²) < 4.78 is 5.18. The minimum Gasteiger partial charge on any atom is -0.452 e. The van der Waals surface area contributed by atoms with Crippen LogP contribution in [0.15, 0.2) is 24.4 Å². The smallest absolute Gasteiger partial charge is 0.333 e. The highest BCUT2D eigenvalue weighted by atomic mass is 16.5. The van der Waals surface area contributed by atoms with E-state index in [1.165, 1.54) is 12.8 Å². The molecule has 2 heterocycles. The Balaban J connectivity index is 2.09. The predicted molar refractivity (Wildman–Crippen MR) is 53.6 cm³/mol. The van der Waals surface area contributed by atoms with Gasteiger partial charge in [-0.2, -0.15) is 0 Å². The largest absolute Gasteiger partial charge is 0.452 e. The summed E-state index contributed by atoms with van der Waals surface area (Å²) in [7, 11) is 0. The molecule has 2 rings (SSSR count). The molecule has 14 heavy (non-hydrogen) atoms. The van der Waals surface area contributed by atoms with Crippen LogP contribution >= 0.6 is 0 Å². The number of cyclic esters (lactones) is 1. The lowest BCUT2D eigenvalue weighted by atomic mass is 10.2. The zero-order valence-electron chi connectivity index (χ0n) is 8.24. The van der Waals surface area contributed by atoms with Gasteiger partial charge in [0.05, 0.1) is 5.70 Å². The first-order valence-corrected chi connectivity index (χ1v) is 5.09. The Bertz CT molecular complexity index is 277. The summed E-state index contributed by atoms with van der Waals surface area (Å²) in [5.74, 6) is -0.209. The second kappa shape index (κ2) is 3.86. The number of nitrogens with zero attached hydrogens (tertiary/aromatic N) is 1. The van der Waals surface area contributed by atoms with E-state index in [1.54, 1.807) is 12.2 Å². The highest BCUT2D eigenvalue weighted by Crippen LogP contribution is 2.25. The molecule has 0 spiro atoms. The highest BCUT2D eigenvalue weighted by molar-refractivity contribution is 5.85. The number of esters is 1. The van der Waals surface area contributed by atoms with Gasteiger partial charge in [-0.15, -0.1) is 6.58 Å². The number of carbonyl (C=O) groups excluding carboxylic acids is 1. The summed E-state index contributed by atoms with van der Waals surface area (Å²) >= 11 is 0. The lowest BCUT2D eigenvalue weighted by Gasteiger charge is -2.22. The maximum absolute atomic E-state index is 11.1. The standard InChI is InChI=1S/C11H15NO2/c1-2-5-10-9(8-11(13)14-10)12-6-3-4-7-12/h2,8,10H,1,3-7H2/t10-/m1/s1. The molecule has 1 atom stereocenters. The van der Waals surface area contributed by atoms with E-state index in [0.717, 1.165) is 18.8 Å². The van der Waals surface area contributed by atoms with Crippen molar-refractivity contribution in [2.45, 2.75) is 25.4 Å². The number of rotatable bonds is 3. The van der Waals surface area contributed by atoms with Crippen LogP contribution in [0.2, 0.25) is 0 Å². The van der Waals surface area contributed by atoms with Gasteiger partial charge in [-0.25, -0.2) is 4.79 Å². The Morgan fingerprint density at radius 3 is 2.93 bits per heavy atom. The van der Waals surface area contributed by atoms with Crippen molar-refractivity contribution in [1.29, 1.82) is 0 Å². The van der Waals surface area contributed by atoms with Crippen molar-refractivity contribution >= 4 is 5.97 Å². The molecule has 1 fully saturated rings. The Kier molecular flexibility index (Phi) is 2.57. The maximum Gasteiger partial charge on any atom is 0.333 e. The predicted octanol–water partition coefficient (Wildman–Crippen LogP) is 1.47. The lowest BCUT2D eigenvalue weighted by Crippen LogP contribution is -2.25. The number of hydrogen-bond acceptors (Lipinski definition) is 3. The topological polar surface area (TPSA) is 29.5 Å².